The van der Waals surface area contributed by atoms with E-state index in [1.165, 1.54) is 5.56 Å². The molecule has 0 saturated heterocycles. The molecule has 6 nitrogen and oxygen atoms in total. The number of pyridine rings is 1. The molecular formula is C65H45N5O. The zero-order valence-corrected chi connectivity index (χ0v) is 39.4. The van der Waals surface area contributed by atoms with Crippen LogP contribution in [0.4, 0.5) is 0 Å². The SMILES string of the molecule is CC(C)(C)c1ccnc(-n2c3ccccc3c3ccc(Oc4cccc(-n5[c-][n+]6c7c(ccc(-c8ccc(C#N)cc8)c75)-c5ccccc5-c5ccccc5-c5cccc(-c7ccccc7)c5-6)c4)cc32)c1. The Balaban J connectivity index is 1.05. The molecule has 0 N–H and O–H groups in total. The molecule has 0 bridgehead atoms. The second kappa shape index (κ2) is 16.4. The zero-order valence-electron chi connectivity index (χ0n) is 39.4. The molecule has 1 aliphatic rings. The lowest BCUT2D eigenvalue weighted by Crippen LogP contribution is -2.32. The molecule has 3 aromatic heterocycles. The van der Waals surface area contributed by atoms with Gasteiger partial charge in [0.15, 0.2) is 0 Å². The van der Waals surface area contributed by atoms with Crippen molar-refractivity contribution >= 4 is 32.8 Å². The summed E-state index contributed by atoms with van der Waals surface area (Å²) in [4.78, 5) is 4.91. The topological polar surface area (TPSA) is 59.6 Å². The van der Waals surface area contributed by atoms with E-state index in [0.717, 1.165) is 106 Å². The van der Waals surface area contributed by atoms with Crippen molar-refractivity contribution in [3.8, 4) is 90.4 Å². The Morgan fingerprint density at radius 1 is 0.521 bits per heavy atom. The summed E-state index contributed by atoms with van der Waals surface area (Å²) in [5, 5.41) is 12.1. The van der Waals surface area contributed by atoms with Gasteiger partial charge >= 0.3 is 0 Å². The van der Waals surface area contributed by atoms with E-state index >= 15 is 0 Å². The summed E-state index contributed by atoms with van der Waals surface area (Å²) in [5.41, 5.74) is 18.7. The number of fused-ring (bicyclic) bond motifs is 10. The number of imidazole rings is 1. The van der Waals surface area contributed by atoms with Gasteiger partial charge in [-0.05, 0) is 127 Å². The van der Waals surface area contributed by atoms with E-state index in [-0.39, 0.29) is 5.41 Å². The standard InChI is InChI=1S/C65H45N5O/c1-65(2,3)45-35-36-67-61(37-45)70-59-26-12-11-23-55(59)56-32-31-48(39-60(56)70)71-47-18-13-17-46(38-47)68-41-69-62-49(43-15-5-4-6-16-43)24-14-25-57(62)53-21-9-7-19-51(53)52-20-8-10-22-54(52)58-34-33-50(63(68)64(58)69)44-29-27-42(40-66)28-30-44/h4-39H,1-3H3. The Morgan fingerprint density at radius 3 is 1.90 bits per heavy atom. The third-order valence-electron chi connectivity index (χ3n) is 14.0. The number of aromatic nitrogens is 4. The highest BCUT2D eigenvalue weighted by Crippen LogP contribution is 2.47. The second-order valence-electron chi connectivity index (χ2n) is 19.3. The van der Waals surface area contributed by atoms with E-state index in [0.29, 0.717) is 17.1 Å². The van der Waals surface area contributed by atoms with Crippen molar-refractivity contribution in [3.05, 3.63) is 236 Å². The van der Waals surface area contributed by atoms with Gasteiger partial charge in [-0.2, -0.15) is 5.26 Å². The number of benzene rings is 9. The van der Waals surface area contributed by atoms with E-state index in [2.05, 4.69) is 229 Å². The molecule has 4 heterocycles. The van der Waals surface area contributed by atoms with Crippen LogP contribution in [0.5, 0.6) is 11.5 Å². The van der Waals surface area contributed by atoms with E-state index < -0.39 is 0 Å². The van der Waals surface area contributed by atoms with Gasteiger partial charge in [0, 0.05) is 23.0 Å². The molecule has 0 saturated carbocycles. The van der Waals surface area contributed by atoms with Crippen LogP contribution in [0.15, 0.2) is 219 Å². The minimum absolute atomic E-state index is 0.0409. The monoisotopic (exact) mass is 911 g/mol. The normalized spacial score (nSPS) is 11.9. The molecule has 0 fully saturated rings. The summed E-state index contributed by atoms with van der Waals surface area (Å²) in [7, 11) is 0. The minimum atomic E-state index is -0.0409. The van der Waals surface area contributed by atoms with E-state index in [9.17, 15) is 5.26 Å². The first-order chi connectivity index (χ1) is 34.8. The number of nitrogens with zero attached hydrogens (tertiary/aromatic N) is 5. The molecule has 6 heteroatoms. The quantitative estimate of drug-likeness (QED) is 0.123. The number of nitriles is 1. The van der Waals surface area contributed by atoms with Gasteiger partial charge in [0.05, 0.1) is 45.1 Å². The third-order valence-corrected chi connectivity index (χ3v) is 14.0. The Hall–Kier alpha value is -9.31. The van der Waals surface area contributed by atoms with Gasteiger partial charge in [-0.15, -0.1) is 0 Å². The van der Waals surface area contributed by atoms with Crippen LogP contribution in [0, 0.1) is 17.7 Å². The molecule has 12 aromatic rings. The Labute approximate surface area is 412 Å². The van der Waals surface area contributed by atoms with Crippen LogP contribution in [-0.4, -0.2) is 14.1 Å². The molecule has 0 atom stereocenters. The molecule has 0 unspecified atom stereocenters. The van der Waals surface area contributed by atoms with Crippen molar-refractivity contribution in [1.82, 2.24) is 14.1 Å². The molecule has 336 valence electrons. The van der Waals surface area contributed by atoms with Gasteiger partial charge in [-0.1, -0.05) is 166 Å². The molecule has 13 rings (SSSR count). The Morgan fingerprint density at radius 2 is 1.14 bits per heavy atom. The summed E-state index contributed by atoms with van der Waals surface area (Å²) in [6.07, 6.45) is 5.90. The largest absolute Gasteiger partial charge is 0.458 e. The van der Waals surface area contributed by atoms with Crippen LogP contribution in [0.25, 0.3) is 106 Å². The fourth-order valence-electron chi connectivity index (χ4n) is 10.6. The first-order valence-electron chi connectivity index (χ1n) is 24.0. The van der Waals surface area contributed by atoms with Gasteiger partial charge in [-0.3, -0.25) is 13.7 Å². The van der Waals surface area contributed by atoms with Gasteiger partial charge in [0.25, 0.3) is 6.33 Å². The highest BCUT2D eigenvalue weighted by molar-refractivity contribution is 6.10. The summed E-state index contributed by atoms with van der Waals surface area (Å²) >= 11 is 0. The summed E-state index contributed by atoms with van der Waals surface area (Å²) < 4.78 is 13.6. The average molecular weight is 912 g/mol. The Kier molecular flexibility index (Phi) is 9.69. The fraction of sp³-hybridized carbons (Fsp3) is 0.0615. The highest BCUT2D eigenvalue weighted by atomic mass is 16.5. The molecule has 1 aliphatic heterocycles. The number of hydrogen-bond donors (Lipinski definition) is 0. The fourth-order valence-corrected chi connectivity index (χ4v) is 10.6. The van der Waals surface area contributed by atoms with Crippen molar-refractivity contribution in [3.63, 3.8) is 0 Å². The summed E-state index contributed by atoms with van der Waals surface area (Å²) in [5.74, 6) is 2.26. The smallest absolute Gasteiger partial charge is 0.269 e. The average Bonchev–Trinajstić information content (AvgIpc) is 3.98. The highest BCUT2D eigenvalue weighted by Gasteiger charge is 2.28. The number of ether oxygens (including phenoxy) is 1. The van der Waals surface area contributed by atoms with Crippen molar-refractivity contribution < 1.29 is 9.30 Å². The van der Waals surface area contributed by atoms with E-state index in [1.807, 2.05) is 36.5 Å². The predicted molar refractivity (Wildman–Crippen MR) is 286 cm³/mol. The van der Waals surface area contributed by atoms with Crippen molar-refractivity contribution in [1.29, 1.82) is 5.26 Å². The molecule has 9 aromatic carbocycles. The maximum absolute atomic E-state index is 9.85. The first-order valence-corrected chi connectivity index (χ1v) is 24.0. The lowest BCUT2D eigenvalue weighted by atomic mass is 9.88. The minimum Gasteiger partial charge on any atom is -0.458 e. The number of rotatable bonds is 6. The molecule has 0 spiro atoms. The van der Waals surface area contributed by atoms with Gasteiger partial charge in [-0.25, -0.2) is 4.98 Å². The lowest BCUT2D eigenvalue weighted by molar-refractivity contribution is -0.570. The Bertz CT molecular complexity index is 4130. The van der Waals surface area contributed by atoms with Gasteiger partial charge in [0.2, 0.25) is 0 Å². The van der Waals surface area contributed by atoms with Crippen LogP contribution in [0.1, 0.15) is 31.9 Å². The van der Waals surface area contributed by atoms with E-state index in [4.69, 9.17) is 9.72 Å². The first kappa shape index (κ1) is 41.8. The van der Waals surface area contributed by atoms with Crippen LogP contribution >= 0.6 is 0 Å². The van der Waals surface area contributed by atoms with Crippen LogP contribution in [0.3, 0.4) is 0 Å². The number of hydrogen-bond acceptors (Lipinski definition) is 3. The van der Waals surface area contributed by atoms with Crippen molar-refractivity contribution in [2.45, 2.75) is 26.2 Å². The van der Waals surface area contributed by atoms with Crippen LogP contribution in [0.2, 0.25) is 0 Å². The van der Waals surface area contributed by atoms with Crippen molar-refractivity contribution in [2.24, 2.45) is 0 Å². The van der Waals surface area contributed by atoms with Gasteiger partial charge in [0.1, 0.15) is 17.3 Å². The number of para-hydroxylation sites is 2. The maximum atomic E-state index is 9.85. The maximum Gasteiger partial charge on any atom is 0.269 e. The van der Waals surface area contributed by atoms with E-state index in [1.54, 1.807) is 0 Å². The molecule has 0 aliphatic carbocycles. The summed E-state index contributed by atoms with van der Waals surface area (Å²) in [6, 6.07) is 76.9. The summed E-state index contributed by atoms with van der Waals surface area (Å²) in [6.45, 7) is 6.69. The molecule has 0 amide bonds. The lowest BCUT2D eigenvalue weighted by Gasteiger charge is -2.20. The molecular weight excluding hydrogens is 867 g/mol. The van der Waals surface area contributed by atoms with Crippen molar-refractivity contribution in [2.75, 3.05) is 0 Å². The molecule has 0 radical (unpaired) electrons. The second-order valence-corrected chi connectivity index (χ2v) is 19.3. The van der Waals surface area contributed by atoms with Crippen LogP contribution in [-0.2, 0) is 5.41 Å². The predicted octanol–water partition coefficient (Wildman–Crippen LogP) is 15.8. The third kappa shape index (κ3) is 6.93. The molecule has 71 heavy (non-hydrogen) atoms. The van der Waals surface area contributed by atoms with Crippen LogP contribution < -0.4 is 9.30 Å². The zero-order chi connectivity index (χ0) is 47.8. The van der Waals surface area contributed by atoms with Gasteiger partial charge < -0.3 is 4.74 Å².